The van der Waals surface area contributed by atoms with Crippen LogP contribution in [0.2, 0.25) is 0 Å². The summed E-state index contributed by atoms with van der Waals surface area (Å²) in [5.41, 5.74) is 1.02. The highest BCUT2D eigenvalue weighted by Gasteiger charge is 2.33. The van der Waals surface area contributed by atoms with Gasteiger partial charge in [0.25, 0.3) is 0 Å². The number of hydrogen-bond donors (Lipinski definition) is 0. The van der Waals surface area contributed by atoms with E-state index < -0.39 is 0 Å². The molecule has 1 saturated carbocycles. The second-order valence-corrected chi connectivity index (χ2v) is 6.57. The molecule has 0 bridgehead atoms. The number of carbonyl (C=O) groups excluding carboxylic acids is 1. The van der Waals surface area contributed by atoms with Gasteiger partial charge in [-0.1, -0.05) is 0 Å². The van der Waals surface area contributed by atoms with Crippen LogP contribution in [-0.4, -0.2) is 47.4 Å². The van der Waals surface area contributed by atoms with Gasteiger partial charge in [0.2, 0.25) is 5.91 Å². The van der Waals surface area contributed by atoms with Crippen LogP contribution in [0.3, 0.4) is 0 Å². The Balaban J connectivity index is 1.41. The third kappa shape index (κ3) is 3.84. The van der Waals surface area contributed by atoms with E-state index in [0.29, 0.717) is 17.7 Å². The monoisotopic (exact) mass is 291 g/mol. The largest absolute Gasteiger partial charge is 0.449 e. The molecule has 0 spiro atoms. The molecule has 2 aliphatic rings. The highest BCUT2D eigenvalue weighted by Crippen LogP contribution is 2.31. The normalized spacial score (nSPS) is 20.7. The summed E-state index contributed by atoms with van der Waals surface area (Å²) in [5, 5.41) is 0. The van der Waals surface area contributed by atoms with Gasteiger partial charge in [-0.15, -0.1) is 0 Å². The van der Waals surface area contributed by atoms with Gasteiger partial charge in [-0.2, -0.15) is 0 Å². The first-order valence-corrected chi connectivity index (χ1v) is 8.00. The maximum absolute atomic E-state index is 12.0. The average molecular weight is 291 g/mol. The van der Waals surface area contributed by atoms with Gasteiger partial charge in [0.05, 0.1) is 5.69 Å². The standard InChI is InChI=1S/C16H25N3O2/c1-12-17-15(11-21-12)10-19-7-5-13(6-8-19)9-18(2)16(20)14-3-4-14/h11,13-14H,3-10H2,1-2H3. The number of aromatic nitrogens is 1. The second-order valence-electron chi connectivity index (χ2n) is 6.57. The van der Waals surface area contributed by atoms with Gasteiger partial charge < -0.3 is 9.32 Å². The average Bonchev–Trinajstić information content (AvgIpc) is 3.24. The van der Waals surface area contributed by atoms with Crippen LogP contribution >= 0.6 is 0 Å². The first-order valence-electron chi connectivity index (χ1n) is 8.00. The van der Waals surface area contributed by atoms with E-state index in [9.17, 15) is 4.79 Å². The summed E-state index contributed by atoms with van der Waals surface area (Å²) in [6.07, 6.45) is 6.28. The number of oxazole rings is 1. The molecule has 2 heterocycles. The van der Waals surface area contributed by atoms with E-state index in [1.807, 2.05) is 18.9 Å². The van der Waals surface area contributed by atoms with Gasteiger partial charge >= 0.3 is 0 Å². The summed E-state index contributed by atoms with van der Waals surface area (Å²) < 4.78 is 5.25. The Labute approximate surface area is 126 Å². The van der Waals surface area contributed by atoms with Gasteiger partial charge in [-0.25, -0.2) is 4.98 Å². The molecule has 0 unspecified atom stereocenters. The fraction of sp³-hybridized carbons (Fsp3) is 0.750. The lowest BCUT2D eigenvalue weighted by Gasteiger charge is -2.33. The molecule has 0 radical (unpaired) electrons. The molecule has 1 aliphatic heterocycles. The van der Waals surface area contributed by atoms with E-state index in [1.165, 1.54) is 12.8 Å². The van der Waals surface area contributed by atoms with E-state index in [0.717, 1.165) is 50.6 Å². The summed E-state index contributed by atoms with van der Waals surface area (Å²) in [5.74, 6) is 2.08. The predicted molar refractivity (Wildman–Crippen MR) is 79.6 cm³/mol. The molecule has 1 saturated heterocycles. The minimum Gasteiger partial charge on any atom is -0.449 e. The van der Waals surface area contributed by atoms with Crippen LogP contribution in [0, 0.1) is 18.8 Å². The third-order valence-corrected chi connectivity index (χ3v) is 4.59. The van der Waals surface area contributed by atoms with Gasteiger partial charge in [-0.05, 0) is 44.7 Å². The van der Waals surface area contributed by atoms with E-state index in [-0.39, 0.29) is 0 Å². The lowest BCUT2D eigenvalue weighted by Crippen LogP contribution is -2.39. The van der Waals surface area contributed by atoms with Crippen molar-refractivity contribution in [2.75, 3.05) is 26.7 Å². The van der Waals surface area contributed by atoms with Gasteiger partial charge in [0.1, 0.15) is 6.26 Å². The summed E-state index contributed by atoms with van der Waals surface area (Å²) in [6.45, 7) is 5.85. The van der Waals surface area contributed by atoms with Crippen LogP contribution in [0.25, 0.3) is 0 Å². The maximum atomic E-state index is 12.0. The minimum absolute atomic E-state index is 0.338. The van der Waals surface area contributed by atoms with Crippen molar-refractivity contribution in [1.82, 2.24) is 14.8 Å². The highest BCUT2D eigenvalue weighted by atomic mass is 16.3. The first-order chi connectivity index (χ1) is 10.1. The summed E-state index contributed by atoms with van der Waals surface area (Å²) >= 11 is 0. The molecule has 0 atom stereocenters. The second kappa shape index (κ2) is 6.18. The molecule has 1 aromatic heterocycles. The van der Waals surface area contributed by atoms with Crippen LogP contribution in [-0.2, 0) is 11.3 Å². The summed E-state index contributed by atoms with van der Waals surface area (Å²) in [6, 6.07) is 0. The zero-order valence-corrected chi connectivity index (χ0v) is 13.0. The topological polar surface area (TPSA) is 49.6 Å². The van der Waals surface area contributed by atoms with Gasteiger partial charge in [-0.3, -0.25) is 9.69 Å². The number of nitrogens with zero attached hydrogens (tertiary/aromatic N) is 3. The Morgan fingerprint density at radius 3 is 2.67 bits per heavy atom. The zero-order chi connectivity index (χ0) is 14.8. The summed E-state index contributed by atoms with van der Waals surface area (Å²) in [7, 11) is 1.96. The lowest BCUT2D eigenvalue weighted by molar-refractivity contribution is -0.132. The molecule has 0 N–H and O–H groups in total. The van der Waals surface area contributed by atoms with Gasteiger partial charge in [0, 0.05) is 33.0 Å². The molecule has 21 heavy (non-hydrogen) atoms. The fourth-order valence-electron chi connectivity index (χ4n) is 3.16. The molecule has 1 aliphatic carbocycles. The van der Waals surface area contributed by atoms with Crippen molar-refractivity contribution in [3.05, 3.63) is 17.8 Å². The molecular formula is C16H25N3O2. The molecule has 5 heteroatoms. The van der Waals surface area contributed by atoms with Crippen LogP contribution in [0.15, 0.2) is 10.7 Å². The predicted octanol–water partition coefficient (Wildman–Crippen LogP) is 2.06. The number of likely N-dealkylation sites (tertiary alicyclic amines) is 1. The van der Waals surface area contributed by atoms with Crippen molar-refractivity contribution in [2.45, 2.75) is 39.2 Å². The highest BCUT2D eigenvalue weighted by molar-refractivity contribution is 5.80. The van der Waals surface area contributed by atoms with Crippen LogP contribution in [0.4, 0.5) is 0 Å². The van der Waals surface area contributed by atoms with Crippen LogP contribution < -0.4 is 0 Å². The number of piperidine rings is 1. The number of carbonyl (C=O) groups is 1. The molecule has 3 rings (SSSR count). The first kappa shape index (κ1) is 14.6. The number of rotatable bonds is 5. The van der Waals surface area contributed by atoms with Crippen molar-refractivity contribution in [3.63, 3.8) is 0 Å². The van der Waals surface area contributed by atoms with Crippen molar-refractivity contribution < 1.29 is 9.21 Å². The Kier molecular flexibility index (Phi) is 4.29. The SMILES string of the molecule is Cc1nc(CN2CCC(CN(C)C(=O)C3CC3)CC2)co1. The summed E-state index contributed by atoms with van der Waals surface area (Å²) in [4.78, 5) is 20.7. The van der Waals surface area contributed by atoms with E-state index in [2.05, 4.69) is 9.88 Å². The maximum Gasteiger partial charge on any atom is 0.225 e. The lowest BCUT2D eigenvalue weighted by atomic mass is 9.96. The Morgan fingerprint density at radius 2 is 2.10 bits per heavy atom. The van der Waals surface area contributed by atoms with Crippen molar-refractivity contribution in [2.24, 2.45) is 11.8 Å². The third-order valence-electron chi connectivity index (χ3n) is 4.59. The Hall–Kier alpha value is -1.36. The van der Waals surface area contributed by atoms with Crippen molar-refractivity contribution in [3.8, 4) is 0 Å². The van der Waals surface area contributed by atoms with Crippen LogP contribution in [0.1, 0.15) is 37.3 Å². The molecular weight excluding hydrogens is 266 g/mol. The molecule has 5 nitrogen and oxygen atoms in total. The fourth-order valence-corrected chi connectivity index (χ4v) is 3.16. The number of hydrogen-bond acceptors (Lipinski definition) is 4. The smallest absolute Gasteiger partial charge is 0.225 e. The molecule has 1 aromatic rings. The minimum atomic E-state index is 0.338. The zero-order valence-electron chi connectivity index (χ0n) is 13.0. The van der Waals surface area contributed by atoms with Crippen molar-refractivity contribution in [1.29, 1.82) is 0 Å². The van der Waals surface area contributed by atoms with Crippen LogP contribution in [0.5, 0.6) is 0 Å². The Morgan fingerprint density at radius 1 is 1.38 bits per heavy atom. The Bertz CT molecular complexity index is 487. The van der Waals surface area contributed by atoms with Crippen molar-refractivity contribution >= 4 is 5.91 Å². The van der Waals surface area contributed by atoms with E-state index in [4.69, 9.17) is 4.42 Å². The molecule has 2 fully saturated rings. The molecule has 116 valence electrons. The quantitative estimate of drug-likeness (QED) is 0.833. The van der Waals surface area contributed by atoms with E-state index >= 15 is 0 Å². The molecule has 0 aromatic carbocycles. The number of amides is 1. The van der Waals surface area contributed by atoms with E-state index in [1.54, 1.807) is 6.26 Å². The number of aryl methyl sites for hydroxylation is 1. The molecule has 1 amide bonds. The van der Waals surface area contributed by atoms with Gasteiger partial charge in [0.15, 0.2) is 5.89 Å².